The van der Waals surface area contributed by atoms with E-state index in [9.17, 15) is 0 Å². The molecule has 1 aromatic carbocycles. The van der Waals surface area contributed by atoms with Gasteiger partial charge in [-0.1, -0.05) is 13.8 Å². The fourth-order valence-corrected chi connectivity index (χ4v) is 1.53. The lowest BCUT2D eigenvalue weighted by atomic mass is 10.2. The van der Waals surface area contributed by atoms with Crippen molar-refractivity contribution < 1.29 is 14.2 Å². The van der Waals surface area contributed by atoms with Crippen LogP contribution in [0.2, 0.25) is 0 Å². The maximum absolute atomic E-state index is 5.73. The summed E-state index contributed by atoms with van der Waals surface area (Å²) in [4.78, 5) is 0. The smallest absolute Gasteiger partial charge is 0.124 e. The summed E-state index contributed by atoms with van der Waals surface area (Å²) in [6.07, 6.45) is 0. The number of nitrogen functional groups attached to an aromatic ring is 1. The highest BCUT2D eigenvalue weighted by Crippen LogP contribution is 2.21. The van der Waals surface area contributed by atoms with Gasteiger partial charge in [0.1, 0.15) is 5.75 Å². The van der Waals surface area contributed by atoms with E-state index in [0.29, 0.717) is 31.4 Å². The van der Waals surface area contributed by atoms with Crippen LogP contribution in [0.1, 0.15) is 19.4 Å². The molecule has 0 saturated carbocycles. The van der Waals surface area contributed by atoms with Crippen LogP contribution >= 0.6 is 0 Å². The first-order chi connectivity index (χ1) is 8.63. The molecule has 0 bridgehead atoms. The summed E-state index contributed by atoms with van der Waals surface area (Å²) in [6, 6.07) is 5.53. The fourth-order valence-electron chi connectivity index (χ4n) is 1.53. The van der Waals surface area contributed by atoms with Crippen LogP contribution in [0.3, 0.4) is 0 Å². The molecule has 0 aliphatic heterocycles. The second-order valence-electron chi connectivity index (χ2n) is 4.59. The first-order valence-electron chi connectivity index (χ1n) is 6.21. The standard InChI is InChI=1S/C14H23NO3/c1-11(2)9-17-6-7-18-10-12-8-13(15)4-5-14(12)16-3/h4-5,8,11H,6-7,9-10,15H2,1-3H3. The van der Waals surface area contributed by atoms with E-state index < -0.39 is 0 Å². The van der Waals surface area contributed by atoms with Gasteiger partial charge in [-0.25, -0.2) is 0 Å². The molecule has 0 unspecified atom stereocenters. The zero-order valence-electron chi connectivity index (χ0n) is 11.4. The second kappa shape index (κ2) is 7.95. The first kappa shape index (κ1) is 14.8. The Kier molecular flexibility index (Phi) is 6.54. The van der Waals surface area contributed by atoms with E-state index in [2.05, 4.69) is 13.8 Å². The molecule has 2 N–H and O–H groups in total. The van der Waals surface area contributed by atoms with Crippen molar-refractivity contribution in [1.29, 1.82) is 0 Å². The molecule has 0 saturated heterocycles. The Morgan fingerprint density at radius 3 is 2.56 bits per heavy atom. The van der Waals surface area contributed by atoms with E-state index >= 15 is 0 Å². The zero-order chi connectivity index (χ0) is 13.4. The second-order valence-corrected chi connectivity index (χ2v) is 4.59. The van der Waals surface area contributed by atoms with E-state index in [1.807, 2.05) is 18.2 Å². The SMILES string of the molecule is COc1ccc(N)cc1COCCOCC(C)C. The van der Waals surface area contributed by atoms with Gasteiger partial charge in [0, 0.05) is 17.9 Å². The maximum Gasteiger partial charge on any atom is 0.124 e. The highest BCUT2D eigenvalue weighted by atomic mass is 16.5. The van der Waals surface area contributed by atoms with Crippen molar-refractivity contribution in [1.82, 2.24) is 0 Å². The lowest BCUT2D eigenvalue weighted by Gasteiger charge is -2.11. The van der Waals surface area contributed by atoms with Gasteiger partial charge >= 0.3 is 0 Å². The number of anilines is 1. The lowest BCUT2D eigenvalue weighted by molar-refractivity contribution is 0.0309. The average Bonchev–Trinajstić information content (AvgIpc) is 2.33. The monoisotopic (exact) mass is 253 g/mol. The van der Waals surface area contributed by atoms with Gasteiger partial charge in [-0.05, 0) is 24.1 Å². The van der Waals surface area contributed by atoms with Gasteiger partial charge in [-0.3, -0.25) is 0 Å². The van der Waals surface area contributed by atoms with E-state index in [0.717, 1.165) is 17.9 Å². The zero-order valence-corrected chi connectivity index (χ0v) is 11.4. The summed E-state index contributed by atoms with van der Waals surface area (Å²) in [5.41, 5.74) is 7.40. The number of nitrogens with two attached hydrogens (primary N) is 1. The van der Waals surface area contributed by atoms with Gasteiger partial charge in [0.05, 0.1) is 26.9 Å². The molecule has 0 radical (unpaired) electrons. The van der Waals surface area contributed by atoms with Crippen molar-refractivity contribution in [2.45, 2.75) is 20.5 Å². The van der Waals surface area contributed by atoms with Gasteiger partial charge in [-0.2, -0.15) is 0 Å². The summed E-state index contributed by atoms with van der Waals surface area (Å²) in [7, 11) is 1.64. The minimum Gasteiger partial charge on any atom is -0.496 e. The molecule has 0 amide bonds. The first-order valence-corrected chi connectivity index (χ1v) is 6.21. The van der Waals surface area contributed by atoms with Crippen molar-refractivity contribution in [2.24, 2.45) is 5.92 Å². The molecule has 102 valence electrons. The molecule has 0 spiro atoms. The Hall–Kier alpha value is -1.26. The lowest BCUT2D eigenvalue weighted by Crippen LogP contribution is -2.08. The average molecular weight is 253 g/mol. The Labute approximate surface area is 109 Å². The van der Waals surface area contributed by atoms with Crippen molar-refractivity contribution in [2.75, 3.05) is 32.7 Å². The van der Waals surface area contributed by atoms with Crippen LogP contribution in [-0.4, -0.2) is 26.9 Å². The van der Waals surface area contributed by atoms with Gasteiger partial charge in [-0.15, -0.1) is 0 Å². The minimum atomic E-state index is 0.485. The Morgan fingerprint density at radius 1 is 1.17 bits per heavy atom. The highest BCUT2D eigenvalue weighted by molar-refractivity contribution is 5.47. The molecule has 18 heavy (non-hydrogen) atoms. The van der Waals surface area contributed by atoms with Crippen molar-refractivity contribution in [3.05, 3.63) is 23.8 Å². The van der Waals surface area contributed by atoms with Crippen LogP contribution in [0.4, 0.5) is 5.69 Å². The van der Waals surface area contributed by atoms with Crippen LogP contribution in [0, 0.1) is 5.92 Å². The summed E-state index contributed by atoms with van der Waals surface area (Å²) in [6.45, 7) is 6.69. The van der Waals surface area contributed by atoms with Crippen molar-refractivity contribution in [3.8, 4) is 5.75 Å². The van der Waals surface area contributed by atoms with Crippen LogP contribution in [-0.2, 0) is 16.1 Å². The van der Waals surface area contributed by atoms with Crippen LogP contribution in [0.15, 0.2) is 18.2 Å². The highest BCUT2D eigenvalue weighted by Gasteiger charge is 2.03. The summed E-state index contributed by atoms with van der Waals surface area (Å²) in [5, 5.41) is 0. The minimum absolute atomic E-state index is 0.485. The van der Waals surface area contributed by atoms with E-state index in [1.54, 1.807) is 7.11 Å². The Morgan fingerprint density at radius 2 is 1.89 bits per heavy atom. The topological polar surface area (TPSA) is 53.7 Å². The number of hydrogen-bond acceptors (Lipinski definition) is 4. The van der Waals surface area contributed by atoms with Crippen LogP contribution in [0.25, 0.3) is 0 Å². The molecule has 0 aliphatic rings. The molecule has 0 aromatic heterocycles. The Bertz CT molecular complexity index is 353. The molecule has 4 nitrogen and oxygen atoms in total. The van der Waals surface area contributed by atoms with Gasteiger partial charge < -0.3 is 19.9 Å². The molecule has 0 atom stereocenters. The third-order valence-electron chi connectivity index (χ3n) is 2.39. The molecule has 4 heteroatoms. The predicted molar refractivity (Wildman–Crippen MR) is 72.7 cm³/mol. The Balaban J connectivity index is 2.28. The van der Waals surface area contributed by atoms with Crippen molar-refractivity contribution in [3.63, 3.8) is 0 Å². The molecular formula is C14H23NO3. The van der Waals surface area contributed by atoms with Crippen molar-refractivity contribution >= 4 is 5.69 Å². The quantitative estimate of drug-likeness (QED) is 0.571. The predicted octanol–water partition coefficient (Wildman–Crippen LogP) is 2.47. The third kappa shape index (κ3) is 5.38. The molecular weight excluding hydrogens is 230 g/mol. The summed E-state index contributed by atoms with van der Waals surface area (Å²) >= 11 is 0. The fraction of sp³-hybridized carbons (Fsp3) is 0.571. The summed E-state index contributed by atoms with van der Waals surface area (Å²) < 4.78 is 16.2. The normalized spacial score (nSPS) is 10.9. The third-order valence-corrected chi connectivity index (χ3v) is 2.39. The summed E-state index contributed by atoms with van der Waals surface area (Å²) in [5.74, 6) is 1.35. The number of benzene rings is 1. The number of ether oxygens (including phenoxy) is 3. The van der Waals surface area contributed by atoms with E-state index in [1.165, 1.54) is 0 Å². The largest absolute Gasteiger partial charge is 0.496 e. The molecule has 0 fully saturated rings. The molecule has 1 aromatic rings. The maximum atomic E-state index is 5.73. The molecule has 1 rings (SSSR count). The van der Waals surface area contributed by atoms with E-state index in [-0.39, 0.29) is 0 Å². The number of rotatable bonds is 8. The van der Waals surface area contributed by atoms with Gasteiger partial charge in [0.2, 0.25) is 0 Å². The number of hydrogen-bond donors (Lipinski definition) is 1. The molecule has 0 heterocycles. The van der Waals surface area contributed by atoms with Gasteiger partial charge in [0.15, 0.2) is 0 Å². The number of methoxy groups -OCH3 is 1. The van der Waals surface area contributed by atoms with Gasteiger partial charge in [0.25, 0.3) is 0 Å². The van der Waals surface area contributed by atoms with Crippen LogP contribution in [0.5, 0.6) is 5.75 Å². The molecule has 0 aliphatic carbocycles. The van der Waals surface area contributed by atoms with Crippen LogP contribution < -0.4 is 10.5 Å². The van der Waals surface area contributed by atoms with E-state index in [4.69, 9.17) is 19.9 Å².